The third-order valence-corrected chi connectivity index (χ3v) is 6.78. The van der Waals surface area contributed by atoms with Crippen LogP contribution < -0.4 is 20.7 Å². The lowest BCUT2D eigenvalue weighted by molar-refractivity contribution is 0.0920. The zero-order valence-corrected chi connectivity index (χ0v) is 21.6. The second kappa shape index (κ2) is 9.44. The van der Waals surface area contributed by atoms with Gasteiger partial charge in [-0.15, -0.1) is 0 Å². The quantitative estimate of drug-likeness (QED) is 0.343. The Labute approximate surface area is 218 Å². The number of furan rings is 1. The molecule has 0 saturated carbocycles. The second-order valence-corrected chi connectivity index (χ2v) is 10.3. The van der Waals surface area contributed by atoms with E-state index in [9.17, 15) is 4.79 Å². The number of fused-ring (bicyclic) bond motifs is 5. The lowest BCUT2D eigenvalue weighted by atomic mass is 10.1. The monoisotopic (exact) mass is 521 g/mol. The Kier molecular flexibility index (Phi) is 6.10. The summed E-state index contributed by atoms with van der Waals surface area (Å²) >= 11 is 6.31. The number of nitrogens with one attached hydrogen (secondary N) is 3. The first kappa shape index (κ1) is 23.9. The Morgan fingerprint density at radius 1 is 1.05 bits per heavy atom. The van der Waals surface area contributed by atoms with E-state index in [4.69, 9.17) is 20.8 Å². The summed E-state index contributed by atoms with van der Waals surface area (Å²) in [6, 6.07) is 9.71. The Bertz CT molecular complexity index is 1500. The van der Waals surface area contributed by atoms with Crippen LogP contribution in [0, 0.1) is 0 Å². The zero-order valence-electron chi connectivity index (χ0n) is 20.8. The number of amides is 1. The summed E-state index contributed by atoms with van der Waals surface area (Å²) in [6.45, 7) is 9.28. The van der Waals surface area contributed by atoms with E-state index in [0.29, 0.717) is 64.7 Å². The maximum Gasteiger partial charge on any atom is 0.289 e. The van der Waals surface area contributed by atoms with Crippen LogP contribution in [-0.2, 0) is 6.54 Å². The van der Waals surface area contributed by atoms with E-state index in [1.54, 1.807) is 12.1 Å². The minimum atomic E-state index is -0.231. The van der Waals surface area contributed by atoms with Gasteiger partial charge in [-0.2, -0.15) is 4.98 Å². The molecule has 0 radical (unpaired) electrons. The van der Waals surface area contributed by atoms with Crippen LogP contribution in [0.15, 0.2) is 34.7 Å². The van der Waals surface area contributed by atoms with Crippen molar-refractivity contribution >= 4 is 45.1 Å². The summed E-state index contributed by atoms with van der Waals surface area (Å²) in [7, 11) is 0. The lowest BCUT2D eigenvalue weighted by Gasteiger charge is -2.35. The molecular formula is C26H28ClN7O3. The fraction of sp³-hybridized carbons (Fsp3) is 0.385. The maximum atomic E-state index is 12.6. The highest BCUT2D eigenvalue weighted by atomic mass is 35.5. The minimum Gasteiger partial charge on any atom is -0.449 e. The summed E-state index contributed by atoms with van der Waals surface area (Å²) in [5.41, 5.74) is 2.01. The molecule has 2 aliphatic heterocycles. The van der Waals surface area contributed by atoms with Crippen LogP contribution in [-0.4, -0.2) is 63.5 Å². The minimum absolute atomic E-state index is 0.0128. The van der Waals surface area contributed by atoms with Gasteiger partial charge in [0.25, 0.3) is 5.91 Å². The topological polar surface area (TPSA) is 117 Å². The molecule has 0 aliphatic carbocycles. The summed E-state index contributed by atoms with van der Waals surface area (Å²) in [5, 5.41) is 11.8. The molecule has 1 saturated heterocycles. The number of hydrogen-bond acceptors (Lipinski definition) is 9. The number of aromatic nitrogens is 3. The number of ether oxygens (including phenoxy) is 1. The number of rotatable bonds is 4. The number of piperazine rings is 1. The number of anilines is 1. The van der Waals surface area contributed by atoms with Gasteiger partial charge in [0.1, 0.15) is 16.6 Å². The zero-order chi connectivity index (χ0) is 25.7. The van der Waals surface area contributed by atoms with Crippen LogP contribution in [0.4, 0.5) is 5.69 Å². The average Bonchev–Trinajstić information content (AvgIpc) is 3.14. The number of benzene rings is 1. The van der Waals surface area contributed by atoms with Gasteiger partial charge >= 0.3 is 0 Å². The van der Waals surface area contributed by atoms with E-state index in [1.807, 2.05) is 25.1 Å². The highest BCUT2D eigenvalue weighted by Crippen LogP contribution is 2.37. The summed E-state index contributed by atoms with van der Waals surface area (Å²) in [6.07, 6.45) is 0. The van der Waals surface area contributed by atoms with Gasteiger partial charge in [-0.3, -0.25) is 9.69 Å². The number of hydrogen-bond donors (Lipinski definition) is 3. The van der Waals surface area contributed by atoms with Crippen molar-refractivity contribution < 1.29 is 13.9 Å². The Hall–Kier alpha value is -3.47. The number of halogens is 1. The predicted molar refractivity (Wildman–Crippen MR) is 141 cm³/mol. The van der Waals surface area contributed by atoms with Crippen LogP contribution in [0.1, 0.15) is 37.2 Å². The highest BCUT2D eigenvalue weighted by Gasteiger charge is 2.27. The number of pyridine rings is 1. The van der Waals surface area contributed by atoms with Gasteiger partial charge in [0.2, 0.25) is 17.5 Å². The number of carbonyl (C=O) groups is 1. The van der Waals surface area contributed by atoms with E-state index >= 15 is 0 Å². The van der Waals surface area contributed by atoms with Crippen LogP contribution in [0.2, 0.25) is 5.15 Å². The van der Waals surface area contributed by atoms with E-state index in [2.05, 4.69) is 49.6 Å². The molecule has 11 heteroatoms. The van der Waals surface area contributed by atoms with Gasteiger partial charge in [0, 0.05) is 55.3 Å². The molecule has 2 aliphatic rings. The van der Waals surface area contributed by atoms with Crippen molar-refractivity contribution in [1.82, 2.24) is 30.5 Å². The molecule has 3 atom stereocenters. The molecule has 3 aromatic heterocycles. The Balaban J connectivity index is 1.29. The van der Waals surface area contributed by atoms with Gasteiger partial charge < -0.3 is 25.1 Å². The molecule has 6 rings (SSSR count). The van der Waals surface area contributed by atoms with Crippen molar-refractivity contribution in [2.45, 2.75) is 45.4 Å². The molecule has 10 nitrogen and oxygen atoms in total. The molecule has 4 aromatic rings. The summed E-state index contributed by atoms with van der Waals surface area (Å²) in [5.74, 6) is 1.37. The summed E-state index contributed by atoms with van der Waals surface area (Å²) in [4.78, 5) is 28.6. The van der Waals surface area contributed by atoms with Gasteiger partial charge in [0.05, 0.1) is 23.1 Å². The average molecular weight is 522 g/mol. The lowest BCUT2D eigenvalue weighted by Crippen LogP contribution is -2.53. The fourth-order valence-corrected chi connectivity index (χ4v) is 5.40. The van der Waals surface area contributed by atoms with Crippen molar-refractivity contribution in [2.24, 2.45) is 0 Å². The normalized spacial score (nSPS) is 22.4. The molecule has 3 N–H and O–H groups in total. The van der Waals surface area contributed by atoms with Crippen molar-refractivity contribution in [1.29, 1.82) is 0 Å². The Morgan fingerprint density at radius 2 is 1.86 bits per heavy atom. The first-order valence-electron chi connectivity index (χ1n) is 12.4. The molecule has 192 valence electrons. The Morgan fingerprint density at radius 3 is 2.68 bits per heavy atom. The molecule has 1 aromatic carbocycles. The van der Waals surface area contributed by atoms with Crippen LogP contribution in [0.5, 0.6) is 11.8 Å². The molecule has 2 unspecified atom stereocenters. The molecule has 1 amide bonds. The second-order valence-electron chi connectivity index (χ2n) is 9.93. The van der Waals surface area contributed by atoms with Crippen LogP contribution in [0.3, 0.4) is 0 Å². The van der Waals surface area contributed by atoms with Gasteiger partial charge in [0.15, 0.2) is 0 Å². The van der Waals surface area contributed by atoms with Gasteiger partial charge in [-0.25, -0.2) is 9.97 Å². The van der Waals surface area contributed by atoms with E-state index in [1.165, 1.54) is 0 Å². The van der Waals surface area contributed by atoms with Gasteiger partial charge in [-0.1, -0.05) is 11.6 Å². The van der Waals surface area contributed by atoms with Crippen molar-refractivity contribution in [3.8, 4) is 11.8 Å². The molecule has 5 heterocycles. The van der Waals surface area contributed by atoms with Crippen molar-refractivity contribution in [3.05, 3.63) is 47.1 Å². The van der Waals surface area contributed by atoms with Gasteiger partial charge in [-0.05, 0) is 39.0 Å². The first-order chi connectivity index (χ1) is 17.8. The van der Waals surface area contributed by atoms with E-state index in [-0.39, 0.29) is 17.7 Å². The molecular weight excluding hydrogens is 494 g/mol. The molecule has 37 heavy (non-hydrogen) atoms. The standard InChI is InChI=1S/C26H28ClN7O3/c1-13-9-28-24-23-16-4-7-21(31-17(16)5-6-18(23)36-25(24)26(35)30-13)37-22-8-19(27)32-20(33-22)12-34-10-14(2)29-15(3)11-34/h4-8,13-15,28-29H,9-12H2,1-3H3,(H,30,35)/t13-,14?,15?/m1/s1. The van der Waals surface area contributed by atoms with E-state index < -0.39 is 0 Å². The fourth-order valence-electron chi connectivity index (χ4n) is 5.21. The van der Waals surface area contributed by atoms with Crippen LogP contribution >= 0.6 is 11.6 Å². The largest absolute Gasteiger partial charge is 0.449 e. The molecule has 0 spiro atoms. The van der Waals surface area contributed by atoms with Crippen molar-refractivity contribution in [3.63, 3.8) is 0 Å². The third-order valence-electron chi connectivity index (χ3n) is 6.59. The van der Waals surface area contributed by atoms with Crippen molar-refractivity contribution in [2.75, 3.05) is 25.0 Å². The molecule has 0 bridgehead atoms. The number of carbonyl (C=O) groups excluding carboxylic acids is 1. The maximum absolute atomic E-state index is 12.6. The highest BCUT2D eigenvalue weighted by molar-refractivity contribution is 6.29. The van der Waals surface area contributed by atoms with E-state index in [0.717, 1.165) is 23.9 Å². The summed E-state index contributed by atoms with van der Waals surface area (Å²) < 4.78 is 11.9. The first-order valence-corrected chi connectivity index (χ1v) is 12.8. The SMILES string of the molecule is CC1CN(Cc2nc(Cl)cc(Oc3ccc4c(ccc5oc6c(c54)NC[C@@H](C)NC6=O)n3)n2)CC(C)N1. The molecule has 1 fully saturated rings. The van der Waals surface area contributed by atoms with Crippen LogP contribution in [0.25, 0.3) is 21.9 Å². The number of nitrogens with zero attached hydrogens (tertiary/aromatic N) is 4. The third kappa shape index (κ3) is 4.79. The smallest absolute Gasteiger partial charge is 0.289 e. The predicted octanol–water partition coefficient (Wildman–Crippen LogP) is 3.94.